The topological polar surface area (TPSA) is 50.8 Å². The Balaban J connectivity index is 2.38. The Bertz CT molecular complexity index is 358. The van der Waals surface area contributed by atoms with Crippen LogP contribution in [-0.2, 0) is 17.2 Å². The van der Waals surface area contributed by atoms with Gasteiger partial charge in [0.2, 0.25) is 0 Å². The van der Waals surface area contributed by atoms with Crippen molar-refractivity contribution in [3.8, 4) is 6.07 Å². The zero-order valence-corrected chi connectivity index (χ0v) is 8.23. The Kier molecular flexibility index (Phi) is 2.26. The van der Waals surface area contributed by atoms with E-state index in [9.17, 15) is 5.26 Å². The summed E-state index contributed by atoms with van der Waals surface area (Å²) < 4.78 is 7.20. The third kappa shape index (κ3) is 1.30. The van der Waals surface area contributed by atoms with E-state index in [0.29, 0.717) is 13.2 Å². The largest absolute Gasteiger partial charge is 0.381 e. The number of hydrogen-bond donors (Lipinski definition) is 0. The Labute approximate surface area is 83.1 Å². The van der Waals surface area contributed by atoms with Gasteiger partial charge in [0.1, 0.15) is 11.2 Å². The first-order valence-electron chi connectivity index (χ1n) is 4.75. The van der Waals surface area contributed by atoms with Crippen LogP contribution in [0.5, 0.6) is 0 Å². The number of imidazole rings is 1. The summed E-state index contributed by atoms with van der Waals surface area (Å²) in [6.45, 7) is 1.31. The Morgan fingerprint density at radius 3 is 2.79 bits per heavy atom. The Morgan fingerprint density at radius 2 is 2.29 bits per heavy atom. The number of aryl methyl sites for hydroxylation is 1. The molecule has 1 aromatic heterocycles. The van der Waals surface area contributed by atoms with E-state index in [1.807, 2.05) is 17.8 Å². The predicted molar refractivity (Wildman–Crippen MR) is 50.6 cm³/mol. The van der Waals surface area contributed by atoms with Gasteiger partial charge in [0.15, 0.2) is 0 Å². The zero-order valence-electron chi connectivity index (χ0n) is 8.23. The van der Waals surface area contributed by atoms with Crippen LogP contribution in [0, 0.1) is 11.3 Å². The van der Waals surface area contributed by atoms with Crippen molar-refractivity contribution in [2.75, 3.05) is 13.2 Å². The van der Waals surface area contributed by atoms with Gasteiger partial charge in [0.25, 0.3) is 0 Å². The summed E-state index contributed by atoms with van der Waals surface area (Å²) in [6, 6.07) is 2.40. The van der Waals surface area contributed by atoms with Crippen LogP contribution in [0.15, 0.2) is 12.4 Å². The van der Waals surface area contributed by atoms with Gasteiger partial charge in [0.05, 0.1) is 6.07 Å². The molecule has 0 bridgehead atoms. The minimum Gasteiger partial charge on any atom is -0.381 e. The monoisotopic (exact) mass is 191 g/mol. The molecule has 0 unspecified atom stereocenters. The SMILES string of the molecule is Cn1ccnc1C1(C#N)CCOCC1. The fourth-order valence-corrected chi connectivity index (χ4v) is 1.93. The van der Waals surface area contributed by atoms with E-state index < -0.39 is 5.41 Å². The summed E-state index contributed by atoms with van der Waals surface area (Å²) in [4.78, 5) is 4.27. The van der Waals surface area contributed by atoms with Crippen LogP contribution in [0.2, 0.25) is 0 Å². The molecule has 1 aliphatic rings. The van der Waals surface area contributed by atoms with Gasteiger partial charge in [-0.05, 0) is 12.8 Å². The fraction of sp³-hybridized carbons (Fsp3) is 0.600. The third-order valence-corrected chi connectivity index (χ3v) is 2.81. The number of ether oxygens (including phenoxy) is 1. The Hall–Kier alpha value is -1.34. The summed E-state index contributed by atoms with van der Waals surface area (Å²) in [5, 5.41) is 9.28. The van der Waals surface area contributed by atoms with E-state index in [-0.39, 0.29) is 0 Å². The second-order valence-corrected chi connectivity index (χ2v) is 3.67. The molecule has 0 aliphatic carbocycles. The summed E-state index contributed by atoms with van der Waals surface area (Å²) in [6.07, 6.45) is 5.11. The van der Waals surface area contributed by atoms with Crippen molar-refractivity contribution in [1.29, 1.82) is 5.26 Å². The predicted octanol–water partition coefficient (Wildman–Crippen LogP) is 0.992. The molecule has 1 aliphatic heterocycles. The molecule has 2 rings (SSSR count). The number of rotatable bonds is 1. The first-order chi connectivity index (χ1) is 6.78. The lowest BCUT2D eigenvalue weighted by Crippen LogP contribution is -2.34. The van der Waals surface area contributed by atoms with E-state index >= 15 is 0 Å². The highest BCUT2D eigenvalue weighted by Gasteiger charge is 2.37. The van der Waals surface area contributed by atoms with Gasteiger partial charge in [-0.2, -0.15) is 5.26 Å². The van der Waals surface area contributed by atoms with E-state index in [1.54, 1.807) is 6.20 Å². The second kappa shape index (κ2) is 3.43. The smallest absolute Gasteiger partial charge is 0.129 e. The van der Waals surface area contributed by atoms with E-state index in [2.05, 4.69) is 11.1 Å². The molecular formula is C10H13N3O. The second-order valence-electron chi connectivity index (χ2n) is 3.67. The third-order valence-electron chi connectivity index (χ3n) is 2.81. The average molecular weight is 191 g/mol. The molecule has 1 aromatic rings. The number of aromatic nitrogens is 2. The molecule has 0 N–H and O–H groups in total. The van der Waals surface area contributed by atoms with Crippen LogP contribution in [0.1, 0.15) is 18.7 Å². The maximum absolute atomic E-state index is 9.28. The van der Waals surface area contributed by atoms with E-state index in [1.165, 1.54) is 0 Å². The van der Waals surface area contributed by atoms with Gasteiger partial charge in [-0.3, -0.25) is 0 Å². The molecule has 0 amide bonds. The van der Waals surface area contributed by atoms with Crippen molar-refractivity contribution < 1.29 is 4.74 Å². The van der Waals surface area contributed by atoms with Gasteiger partial charge < -0.3 is 9.30 Å². The highest BCUT2D eigenvalue weighted by atomic mass is 16.5. The van der Waals surface area contributed by atoms with Crippen LogP contribution in [0.25, 0.3) is 0 Å². The van der Waals surface area contributed by atoms with Crippen molar-refractivity contribution >= 4 is 0 Å². The normalized spacial score (nSPS) is 20.3. The molecule has 4 nitrogen and oxygen atoms in total. The highest BCUT2D eigenvalue weighted by molar-refractivity contribution is 5.22. The molecule has 0 spiro atoms. The van der Waals surface area contributed by atoms with E-state index in [4.69, 9.17) is 4.74 Å². The summed E-state index contributed by atoms with van der Waals surface area (Å²) in [5.74, 6) is 0.864. The first kappa shape index (κ1) is 9.22. The van der Waals surface area contributed by atoms with Crippen molar-refractivity contribution in [2.45, 2.75) is 18.3 Å². The van der Waals surface area contributed by atoms with Gasteiger partial charge in [-0.15, -0.1) is 0 Å². The van der Waals surface area contributed by atoms with Crippen LogP contribution in [0.3, 0.4) is 0 Å². The van der Waals surface area contributed by atoms with Crippen LogP contribution >= 0.6 is 0 Å². The maximum atomic E-state index is 9.28. The highest BCUT2D eigenvalue weighted by Crippen LogP contribution is 2.32. The lowest BCUT2D eigenvalue weighted by atomic mass is 9.81. The summed E-state index contributed by atoms with van der Waals surface area (Å²) >= 11 is 0. The lowest BCUT2D eigenvalue weighted by Gasteiger charge is -2.29. The van der Waals surface area contributed by atoms with Crippen LogP contribution < -0.4 is 0 Å². The number of nitrogens with zero attached hydrogens (tertiary/aromatic N) is 3. The van der Waals surface area contributed by atoms with Crippen LogP contribution in [0.4, 0.5) is 0 Å². The first-order valence-corrected chi connectivity index (χ1v) is 4.75. The molecule has 0 aromatic carbocycles. The van der Waals surface area contributed by atoms with Crippen molar-refractivity contribution in [1.82, 2.24) is 9.55 Å². The molecule has 1 saturated heterocycles. The van der Waals surface area contributed by atoms with Gasteiger partial charge in [-0.25, -0.2) is 4.98 Å². The van der Waals surface area contributed by atoms with Crippen molar-refractivity contribution in [3.05, 3.63) is 18.2 Å². The quantitative estimate of drug-likeness (QED) is 0.665. The molecule has 0 radical (unpaired) electrons. The summed E-state index contributed by atoms with van der Waals surface area (Å²) in [5.41, 5.74) is -0.434. The van der Waals surface area contributed by atoms with Gasteiger partial charge in [0, 0.05) is 32.7 Å². The van der Waals surface area contributed by atoms with Gasteiger partial charge >= 0.3 is 0 Å². The zero-order chi connectivity index (χ0) is 10.0. The molecule has 0 saturated carbocycles. The van der Waals surface area contributed by atoms with Crippen LogP contribution in [-0.4, -0.2) is 22.8 Å². The number of hydrogen-bond acceptors (Lipinski definition) is 3. The molecule has 74 valence electrons. The molecule has 1 fully saturated rings. The standard InChI is InChI=1S/C10H13N3O/c1-13-5-4-12-9(13)10(8-11)2-6-14-7-3-10/h4-5H,2-3,6-7H2,1H3. The van der Waals surface area contributed by atoms with E-state index in [0.717, 1.165) is 18.7 Å². The Morgan fingerprint density at radius 1 is 1.57 bits per heavy atom. The molecule has 4 heteroatoms. The minimum atomic E-state index is -0.434. The maximum Gasteiger partial charge on any atom is 0.129 e. The number of nitriles is 1. The van der Waals surface area contributed by atoms with Gasteiger partial charge in [-0.1, -0.05) is 0 Å². The van der Waals surface area contributed by atoms with Crippen molar-refractivity contribution in [3.63, 3.8) is 0 Å². The minimum absolute atomic E-state index is 0.434. The average Bonchev–Trinajstić information content (AvgIpc) is 2.66. The molecule has 14 heavy (non-hydrogen) atoms. The molecule has 0 atom stereocenters. The molecule has 2 heterocycles. The van der Waals surface area contributed by atoms with Crippen molar-refractivity contribution in [2.24, 2.45) is 7.05 Å². The fourth-order valence-electron chi connectivity index (χ4n) is 1.93. The lowest BCUT2D eigenvalue weighted by molar-refractivity contribution is 0.0643. The summed E-state index contributed by atoms with van der Waals surface area (Å²) in [7, 11) is 1.93. The molecular weight excluding hydrogens is 178 g/mol.